The Morgan fingerprint density at radius 1 is 1.24 bits per heavy atom. The Morgan fingerprint density at radius 2 is 1.88 bits per heavy atom. The number of rotatable bonds is 6. The summed E-state index contributed by atoms with van der Waals surface area (Å²) in [6.07, 6.45) is 3.06. The van der Waals surface area contributed by atoms with Crippen LogP contribution < -0.4 is 4.74 Å². The molecule has 0 atom stereocenters. The molecule has 0 aliphatic carbocycles. The van der Waals surface area contributed by atoms with Gasteiger partial charge in [0.1, 0.15) is 6.61 Å². The molecule has 1 heterocycles. The third kappa shape index (κ3) is 4.88. The highest BCUT2D eigenvalue weighted by atomic mass is 35.5. The van der Waals surface area contributed by atoms with Crippen molar-refractivity contribution in [2.45, 2.75) is 39.8 Å². The van der Waals surface area contributed by atoms with Gasteiger partial charge in [-0.15, -0.1) is 0 Å². The third-order valence-corrected chi connectivity index (χ3v) is 2.69. The van der Waals surface area contributed by atoms with Crippen molar-refractivity contribution in [1.82, 2.24) is 14.9 Å². The SMILES string of the molecule is CC(C)N(CCOc1cncc(Cl)n1)C(C)C. The molecule has 17 heavy (non-hydrogen) atoms. The van der Waals surface area contributed by atoms with Gasteiger partial charge in [-0.2, -0.15) is 4.98 Å². The number of ether oxygens (including phenoxy) is 1. The van der Waals surface area contributed by atoms with Gasteiger partial charge in [0.25, 0.3) is 0 Å². The highest BCUT2D eigenvalue weighted by Crippen LogP contribution is 2.10. The average molecular weight is 258 g/mol. The normalized spacial score (nSPS) is 11.5. The summed E-state index contributed by atoms with van der Waals surface area (Å²) in [6.45, 7) is 10.2. The van der Waals surface area contributed by atoms with E-state index in [4.69, 9.17) is 16.3 Å². The molecule has 0 saturated carbocycles. The Bertz CT molecular complexity index is 336. The van der Waals surface area contributed by atoms with E-state index in [1.807, 2.05) is 0 Å². The van der Waals surface area contributed by atoms with Crippen molar-refractivity contribution in [3.05, 3.63) is 17.5 Å². The Labute approximate surface area is 108 Å². The molecular formula is C12H20ClN3O. The van der Waals surface area contributed by atoms with Gasteiger partial charge in [-0.05, 0) is 27.7 Å². The van der Waals surface area contributed by atoms with Crippen molar-refractivity contribution in [2.75, 3.05) is 13.2 Å². The van der Waals surface area contributed by atoms with Gasteiger partial charge in [0, 0.05) is 18.6 Å². The predicted octanol–water partition coefficient (Wildman–Crippen LogP) is 2.63. The van der Waals surface area contributed by atoms with Crippen LogP contribution >= 0.6 is 11.6 Å². The standard InChI is InChI=1S/C12H20ClN3O/c1-9(2)16(10(3)4)5-6-17-12-8-14-7-11(13)15-12/h7-10H,5-6H2,1-4H3. The van der Waals surface area contributed by atoms with E-state index in [9.17, 15) is 0 Å². The van der Waals surface area contributed by atoms with E-state index in [1.165, 1.54) is 6.20 Å². The lowest BCUT2D eigenvalue weighted by Crippen LogP contribution is -2.39. The zero-order chi connectivity index (χ0) is 12.8. The molecule has 0 unspecified atom stereocenters. The Hall–Kier alpha value is -0.870. The lowest BCUT2D eigenvalue weighted by molar-refractivity contribution is 0.140. The maximum Gasteiger partial charge on any atom is 0.233 e. The second kappa shape index (κ2) is 6.77. The molecule has 0 amide bonds. The second-order valence-electron chi connectivity index (χ2n) is 4.45. The summed E-state index contributed by atoms with van der Waals surface area (Å²) in [6, 6.07) is 1.01. The summed E-state index contributed by atoms with van der Waals surface area (Å²) >= 11 is 5.72. The first kappa shape index (κ1) is 14.2. The Balaban J connectivity index is 2.41. The molecule has 0 aliphatic heterocycles. The predicted molar refractivity (Wildman–Crippen MR) is 69.5 cm³/mol. The fourth-order valence-corrected chi connectivity index (χ4v) is 1.90. The van der Waals surface area contributed by atoms with Crippen molar-refractivity contribution in [3.8, 4) is 5.88 Å². The van der Waals surface area contributed by atoms with E-state index in [2.05, 4.69) is 42.6 Å². The maximum absolute atomic E-state index is 5.72. The van der Waals surface area contributed by atoms with E-state index in [1.54, 1.807) is 6.20 Å². The number of hydrogen-bond donors (Lipinski definition) is 0. The number of hydrogen-bond acceptors (Lipinski definition) is 4. The first-order valence-corrected chi connectivity index (χ1v) is 6.24. The van der Waals surface area contributed by atoms with Crippen molar-refractivity contribution in [3.63, 3.8) is 0 Å². The fourth-order valence-electron chi connectivity index (χ4n) is 1.76. The molecule has 0 bridgehead atoms. The Morgan fingerprint density at radius 3 is 2.41 bits per heavy atom. The first-order chi connectivity index (χ1) is 8.00. The van der Waals surface area contributed by atoms with Crippen molar-refractivity contribution < 1.29 is 4.74 Å². The minimum atomic E-state index is 0.354. The van der Waals surface area contributed by atoms with E-state index < -0.39 is 0 Å². The van der Waals surface area contributed by atoms with Gasteiger partial charge < -0.3 is 4.74 Å². The van der Waals surface area contributed by atoms with Crippen LogP contribution in [0.25, 0.3) is 0 Å². The van der Waals surface area contributed by atoms with E-state index in [0.29, 0.717) is 29.7 Å². The molecule has 1 rings (SSSR count). The molecule has 96 valence electrons. The van der Waals surface area contributed by atoms with Gasteiger partial charge in [-0.1, -0.05) is 11.6 Å². The summed E-state index contributed by atoms with van der Waals surface area (Å²) < 4.78 is 5.52. The molecule has 0 saturated heterocycles. The van der Waals surface area contributed by atoms with Gasteiger partial charge in [-0.25, -0.2) is 0 Å². The van der Waals surface area contributed by atoms with Crippen LogP contribution in [0.5, 0.6) is 5.88 Å². The van der Waals surface area contributed by atoms with Crippen LogP contribution in [0.15, 0.2) is 12.4 Å². The van der Waals surface area contributed by atoms with Crippen LogP contribution in [0.1, 0.15) is 27.7 Å². The van der Waals surface area contributed by atoms with Gasteiger partial charge in [0.05, 0.1) is 12.4 Å². The third-order valence-electron chi connectivity index (χ3n) is 2.51. The summed E-state index contributed by atoms with van der Waals surface area (Å²) in [7, 11) is 0. The van der Waals surface area contributed by atoms with Crippen LogP contribution in [0, 0.1) is 0 Å². The van der Waals surface area contributed by atoms with E-state index in [0.717, 1.165) is 6.54 Å². The van der Waals surface area contributed by atoms with Crippen LogP contribution in [0.4, 0.5) is 0 Å². The van der Waals surface area contributed by atoms with Crippen LogP contribution in [-0.4, -0.2) is 40.1 Å². The lowest BCUT2D eigenvalue weighted by Gasteiger charge is -2.30. The molecule has 1 aromatic rings. The highest BCUT2D eigenvalue weighted by molar-refractivity contribution is 6.29. The van der Waals surface area contributed by atoms with Crippen LogP contribution in [-0.2, 0) is 0 Å². The molecule has 1 aromatic heterocycles. The summed E-state index contributed by atoms with van der Waals surface area (Å²) in [5.41, 5.74) is 0. The first-order valence-electron chi connectivity index (χ1n) is 5.86. The van der Waals surface area contributed by atoms with Crippen LogP contribution in [0.3, 0.4) is 0 Å². The molecule has 0 aliphatic rings. The average Bonchev–Trinajstić information content (AvgIpc) is 2.23. The maximum atomic E-state index is 5.72. The monoisotopic (exact) mass is 257 g/mol. The van der Waals surface area contributed by atoms with Crippen molar-refractivity contribution >= 4 is 11.6 Å². The van der Waals surface area contributed by atoms with Gasteiger partial charge >= 0.3 is 0 Å². The Kier molecular flexibility index (Phi) is 5.65. The number of aromatic nitrogens is 2. The van der Waals surface area contributed by atoms with E-state index in [-0.39, 0.29) is 0 Å². The zero-order valence-electron chi connectivity index (χ0n) is 10.9. The summed E-state index contributed by atoms with van der Waals surface area (Å²) in [4.78, 5) is 10.3. The van der Waals surface area contributed by atoms with Gasteiger partial charge in [-0.3, -0.25) is 9.88 Å². The minimum Gasteiger partial charge on any atom is -0.475 e. The molecule has 4 nitrogen and oxygen atoms in total. The molecular weight excluding hydrogens is 238 g/mol. The second-order valence-corrected chi connectivity index (χ2v) is 4.84. The minimum absolute atomic E-state index is 0.354. The molecule has 0 N–H and O–H groups in total. The van der Waals surface area contributed by atoms with Crippen LogP contribution in [0.2, 0.25) is 5.15 Å². The van der Waals surface area contributed by atoms with E-state index >= 15 is 0 Å². The molecule has 5 heteroatoms. The number of halogens is 1. The smallest absolute Gasteiger partial charge is 0.233 e. The fraction of sp³-hybridized carbons (Fsp3) is 0.667. The summed E-state index contributed by atoms with van der Waals surface area (Å²) in [5, 5.41) is 0.354. The topological polar surface area (TPSA) is 38.2 Å². The summed E-state index contributed by atoms with van der Waals surface area (Å²) in [5.74, 6) is 0.477. The van der Waals surface area contributed by atoms with Crippen molar-refractivity contribution in [1.29, 1.82) is 0 Å². The quantitative estimate of drug-likeness (QED) is 0.785. The molecule has 0 spiro atoms. The zero-order valence-corrected chi connectivity index (χ0v) is 11.6. The molecule has 0 aromatic carbocycles. The molecule has 0 radical (unpaired) electrons. The van der Waals surface area contributed by atoms with Gasteiger partial charge in [0.15, 0.2) is 5.15 Å². The lowest BCUT2D eigenvalue weighted by atomic mass is 10.2. The van der Waals surface area contributed by atoms with Gasteiger partial charge in [0.2, 0.25) is 5.88 Å². The number of nitrogens with zero attached hydrogens (tertiary/aromatic N) is 3. The highest BCUT2D eigenvalue weighted by Gasteiger charge is 2.12. The largest absolute Gasteiger partial charge is 0.475 e. The molecule has 0 fully saturated rings. The van der Waals surface area contributed by atoms with Crippen molar-refractivity contribution in [2.24, 2.45) is 0 Å².